The van der Waals surface area contributed by atoms with E-state index >= 15 is 0 Å². The minimum atomic E-state index is -3.72. The van der Waals surface area contributed by atoms with Gasteiger partial charge in [-0.25, -0.2) is 18.4 Å². The lowest BCUT2D eigenvalue weighted by Crippen LogP contribution is -2.40. The topological polar surface area (TPSA) is 104 Å². The van der Waals surface area contributed by atoms with Gasteiger partial charge in [-0.15, -0.1) is 4.83 Å². The summed E-state index contributed by atoms with van der Waals surface area (Å²) in [4.78, 5) is 24.2. The van der Waals surface area contributed by atoms with Gasteiger partial charge in [-0.1, -0.05) is 17.7 Å². The van der Waals surface area contributed by atoms with Crippen molar-refractivity contribution in [3.8, 4) is 0 Å². The summed E-state index contributed by atoms with van der Waals surface area (Å²) in [5.41, 5.74) is 6.51. The predicted molar refractivity (Wildman–Crippen MR) is 109 cm³/mol. The van der Waals surface area contributed by atoms with E-state index in [0.717, 1.165) is 22.5 Å². The zero-order chi connectivity index (χ0) is 20.9. The monoisotopic (exact) mass is 415 g/mol. The van der Waals surface area contributed by atoms with E-state index in [9.17, 15) is 13.2 Å². The lowest BCUT2D eigenvalue weighted by Gasteiger charge is -2.29. The molecule has 3 rings (SSSR count). The molecule has 2 heterocycles. The first-order valence-electron chi connectivity index (χ1n) is 9.41. The van der Waals surface area contributed by atoms with Crippen LogP contribution < -0.4 is 10.3 Å². The van der Waals surface area contributed by atoms with E-state index < -0.39 is 10.0 Å². The van der Waals surface area contributed by atoms with Crippen LogP contribution in [0.3, 0.4) is 0 Å². The third kappa shape index (κ3) is 5.61. The van der Waals surface area contributed by atoms with Crippen LogP contribution in [-0.4, -0.2) is 42.3 Å². The van der Waals surface area contributed by atoms with Gasteiger partial charge in [0.25, 0.3) is 10.0 Å². The summed E-state index contributed by atoms with van der Waals surface area (Å²) < 4.78 is 25.3. The molecule has 1 aliphatic rings. The number of allylic oxidation sites excluding steroid dienone is 1. The number of likely N-dealkylation sites (tertiary alicyclic amines) is 1. The number of hydrogen-bond donors (Lipinski definition) is 2. The number of carbonyl (C=O) groups excluding carboxylic acids is 1. The molecular formula is C20H25N5O3S. The number of hydrazine groups is 1. The highest BCUT2D eigenvalue weighted by Crippen LogP contribution is 2.21. The van der Waals surface area contributed by atoms with Gasteiger partial charge >= 0.3 is 0 Å². The molecule has 1 fully saturated rings. The lowest BCUT2D eigenvalue weighted by atomic mass is 9.99. The fraction of sp³-hybridized carbons (Fsp3) is 0.350. The van der Waals surface area contributed by atoms with Crippen molar-refractivity contribution in [3.05, 3.63) is 65.4 Å². The highest BCUT2D eigenvalue weighted by atomic mass is 32.2. The number of aryl methyl sites for hydroxylation is 1. The quantitative estimate of drug-likeness (QED) is 0.696. The average Bonchev–Trinajstić information content (AvgIpc) is 2.72. The Labute approximate surface area is 171 Å². The number of piperidine rings is 1. The first-order chi connectivity index (χ1) is 13.8. The number of sulfonamides is 1. The second-order valence-electron chi connectivity index (χ2n) is 7.01. The first kappa shape index (κ1) is 20.9. The van der Waals surface area contributed by atoms with E-state index in [4.69, 9.17) is 0 Å². The molecule has 1 saturated heterocycles. The number of aromatic nitrogens is 2. The number of nitrogens with zero attached hydrogens (tertiary/aromatic N) is 3. The molecule has 1 aliphatic heterocycles. The van der Waals surface area contributed by atoms with Gasteiger partial charge in [0.2, 0.25) is 5.91 Å². The first-order valence-corrected chi connectivity index (χ1v) is 10.9. The third-order valence-corrected chi connectivity index (χ3v) is 6.17. The minimum Gasteiger partial charge on any atom is -0.342 e. The van der Waals surface area contributed by atoms with Crippen LogP contribution in [-0.2, 0) is 21.2 Å². The van der Waals surface area contributed by atoms with Crippen molar-refractivity contribution in [1.82, 2.24) is 25.1 Å². The second kappa shape index (κ2) is 9.15. The van der Waals surface area contributed by atoms with E-state index in [-0.39, 0.29) is 10.8 Å². The number of amides is 1. The van der Waals surface area contributed by atoms with E-state index in [1.54, 1.807) is 48.4 Å². The van der Waals surface area contributed by atoms with E-state index in [0.29, 0.717) is 32.4 Å². The molecule has 0 radical (unpaired) electrons. The van der Waals surface area contributed by atoms with Gasteiger partial charge in [-0.2, -0.15) is 0 Å². The van der Waals surface area contributed by atoms with Crippen LogP contribution in [0, 0.1) is 6.92 Å². The Morgan fingerprint density at radius 2 is 1.83 bits per heavy atom. The molecule has 0 bridgehead atoms. The van der Waals surface area contributed by atoms with Crippen LogP contribution in [0.1, 0.15) is 31.0 Å². The van der Waals surface area contributed by atoms with Gasteiger partial charge in [0.1, 0.15) is 6.33 Å². The molecule has 8 nitrogen and oxygen atoms in total. The van der Waals surface area contributed by atoms with E-state index in [2.05, 4.69) is 20.2 Å². The summed E-state index contributed by atoms with van der Waals surface area (Å²) in [5.74, 6) is 0.0504. The summed E-state index contributed by atoms with van der Waals surface area (Å²) in [7, 11) is -3.72. The molecule has 1 aromatic carbocycles. The highest BCUT2D eigenvalue weighted by Gasteiger charge is 2.21. The Balaban J connectivity index is 1.79. The maximum Gasteiger partial charge on any atom is 0.257 e. The Morgan fingerprint density at radius 3 is 2.41 bits per heavy atom. The Morgan fingerprint density at radius 1 is 1.14 bits per heavy atom. The van der Waals surface area contributed by atoms with E-state index in [1.807, 2.05) is 6.92 Å². The molecule has 0 unspecified atom stereocenters. The van der Waals surface area contributed by atoms with Gasteiger partial charge in [-0.05, 0) is 43.5 Å². The van der Waals surface area contributed by atoms with Crippen molar-refractivity contribution in [2.45, 2.75) is 38.0 Å². The van der Waals surface area contributed by atoms with Crippen LogP contribution in [0.4, 0.5) is 0 Å². The number of hydrogen-bond acceptors (Lipinski definition) is 6. The fourth-order valence-electron chi connectivity index (χ4n) is 3.16. The largest absolute Gasteiger partial charge is 0.342 e. The van der Waals surface area contributed by atoms with Crippen molar-refractivity contribution in [1.29, 1.82) is 0 Å². The Bertz CT molecular complexity index is 979. The Hall–Kier alpha value is -2.78. The van der Waals surface area contributed by atoms with Crippen LogP contribution in [0.2, 0.25) is 0 Å². The van der Waals surface area contributed by atoms with Gasteiger partial charge in [-0.3, -0.25) is 4.79 Å². The smallest absolute Gasteiger partial charge is 0.257 e. The third-order valence-electron chi connectivity index (χ3n) is 4.91. The summed E-state index contributed by atoms with van der Waals surface area (Å²) in [6.07, 6.45) is 4.92. The number of benzene rings is 1. The zero-order valence-electron chi connectivity index (χ0n) is 16.6. The average molecular weight is 416 g/mol. The molecule has 2 aromatic rings. The van der Waals surface area contributed by atoms with Gasteiger partial charge in [0.15, 0.2) is 0 Å². The standard InChI is InChI=1S/C20H25N5O3S/c1-15-3-5-19(6-4-15)29(27,28)24-23-20(13-18-7-10-21-14-22-18)17-8-11-25(12-9-17)16(2)26/h3-7,10,14,23-24H,8-9,11-13H2,1-2H3. The van der Waals surface area contributed by atoms with Gasteiger partial charge in [0.05, 0.1) is 4.90 Å². The number of carbonyl (C=O) groups is 1. The van der Waals surface area contributed by atoms with Crippen molar-refractivity contribution in [2.24, 2.45) is 0 Å². The van der Waals surface area contributed by atoms with Gasteiger partial charge < -0.3 is 10.3 Å². The highest BCUT2D eigenvalue weighted by molar-refractivity contribution is 7.89. The Kier molecular flexibility index (Phi) is 6.60. The summed E-state index contributed by atoms with van der Waals surface area (Å²) >= 11 is 0. The van der Waals surface area contributed by atoms with Crippen molar-refractivity contribution in [3.63, 3.8) is 0 Å². The minimum absolute atomic E-state index is 0.0504. The molecule has 0 saturated carbocycles. The summed E-state index contributed by atoms with van der Waals surface area (Å²) in [6, 6.07) is 8.45. The molecule has 1 aromatic heterocycles. The van der Waals surface area contributed by atoms with Crippen LogP contribution in [0.15, 0.2) is 59.0 Å². The number of rotatable bonds is 6. The maximum atomic E-state index is 12.6. The van der Waals surface area contributed by atoms with Crippen molar-refractivity contribution in [2.75, 3.05) is 13.1 Å². The SMILES string of the molecule is CC(=O)N1CCC(=C(Cc2ccncn2)NNS(=O)(=O)c2ccc(C)cc2)CC1. The summed E-state index contributed by atoms with van der Waals surface area (Å²) in [6.45, 7) is 4.69. The maximum absolute atomic E-state index is 12.6. The van der Waals surface area contributed by atoms with Crippen LogP contribution >= 0.6 is 0 Å². The van der Waals surface area contributed by atoms with Crippen LogP contribution in [0.5, 0.6) is 0 Å². The van der Waals surface area contributed by atoms with Gasteiger partial charge in [0, 0.05) is 44.0 Å². The molecule has 29 heavy (non-hydrogen) atoms. The lowest BCUT2D eigenvalue weighted by molar-refractivity contribution is -0.129. The molecule has 9 heteroatoms. The predicted octanol–water partition coefficient (Wildman–Crippen LogP) is 1.71. The normalized spacial score (nSPS) is 14.6. The number of nitrogens with one attached hydrogen (secondary N) is 2. The van der Waals surface area contributed by atoms with Crippen LogP contribution in [0.25, 0.3) is 0 Å². The molecule has 0 aliphatic carbocycles. The zero-order valence-corrected chi connectivity index (χ0v) is 17.4. The van der Waals surface area contributed by atoms with Crippen molar-refractivity contribution < 1.29 is 13.2 Å². The molecular weight excluding hydrogens is 390 g/mol. The summed E-state index contributed by atoms with van der Waals surface area (Å²) in [5, 5.41) is 0. The molecule has 0 spiro atoms. The van der Waals surface area contributed by atoms with Crippen molar-refractivity contribution >= 4 is 15.9 Å². The molecule has 154 valence electrons. The van der Waals surface area contributed by atoms with E-state index in [1.165, 1.54) is 6.33 Å². The molecule has 2 N–H and O–H groups in total. The fourth-order valence-corrected chi connectivity index (χ4v) is 4.03. The molecule has 1 amide bonds. The molecule has 0 atom stereocenters. The second-order valence-corrected chi connectivity index (χ2v) is 8.69.